The first kappa shape index (κ1) is 12.0. The van der Waals surface area contributed by atoms with Crippen molar-refractivity contribution < 1.29 is 9.84 Å². The summed E-state index contributed by atoms with van der Waals surface area (Å²) >= 11 is 2.17. The van der Waals surface area contributed by atoms with Crippen LogP contribution in [0, 0.1) is 10.6 Å². The molecular formula is C10H14IN3O2. The Labute approximate surface area is 108 Å². The van der Waals surface area contributed by atoms with Crippen LogP contribution < -0.4 is 4.90 Å². The van der Waals surface area contributed by atoms with Gasteiger partial charge in [0.05, 0.1) is 25.9 Å². The largest absolute Gasteiger partial charge is 0.394 e. The molecule has 0 aromatic carbocycles. The van der Waals surface area contributed by atoms with E-state index in [2.05, 4.69) is 37.5 Å². The van der Waals surface area contributed by atoms with Crippen molar-refractivity contribution in [2.45, 2.75) is 13.0 Å². The zero-order valence-electron chi connectivity index (χ0n) is 9.06. The smallest absolute Gasteiger partial charge is 0.133 e. The van der Waals surface area contributed by atoms with Crippen LogP contribution in [-0.2, 0) is 4.74 Å². The van der Waals surface area contributed by atoms with E-state index in [9.17, 15) is 5.11 Å². The molecule has 2 heterocycles. The summed E-state index contributed by atoms with van der Waals surface area (Å²) in [6.07, 6.45) is 0. The van der Waals surface area contributed by atoms with Crippen LogP contribution in [0.4, 0.5) is 5.82 Å². The summed E-state index contributed by atoms with van der Waals surface area (Å²) in [7, 11) is 0. The molecule has 2 rings (SSSR count). The maximum Gasteiger partial charge on any atom is 0.133 e. The molecule has 0 bridgehead atoms. The Morgan fingerprint density at radius 2 is 2.44 bits per heavy atom. The highest BCUT2D eigenvalue weighted by atomic mass is 127. The highest BCUT2D eigenvalue weighted by Crippen LogP contribution is 2.18. The number of aryl methyl sites for hydroxylation is 1. The number of aromatic nitrogens is 2. The van der Waals surface area contributed by atoms with E-state index in [1.165, 1.54) is 0 Å². The molecule has 5 nitrogen and oxygen atoms in total. The van der Waals surface area contributed by atoms with Gasteiger partial charge >= 0.3 is 0 Å². The summed E-state index contributed by atoms with van der Waals surface area (Å²) in [5, 5.41) is 9.29. The second-order valence-electron chi connectivity index (χ2n) is 3.70. The van der Waals surface area contributed by atoms with Crippen molar-refractivity contribution >= 4 is 28.4 Å². The normalized spacial score (nSPS) is 21.2. The van der Waals surface area contributed by atoms with Crippen LogP contribution in [0.15, 0.2) is 6.07 Å². The van der Waals surface area contributed by atoms with Gasteiger partial charge in [0.15, 0.2) is 0 Å². The standard InChI is InChI=1S/C10H14IN3O2/c1-7-12-9(11)4-10(13-7)14-2-3-16-6-8(14)5-15/h4,8,15H,2-3,5-6H2,1H3/t8-/m0/s1. The molecule has 1 fully saturated rings. The number of hydrogen-bond acceptors (Lipinski definition) is 5. The molecule has 0 radical (unpaired) electrons. The Bertz CT molecular complexity index is 355. The molecular weight excluding hydrogens is 321 g/mol. The lowest BCUT2D eigenvalue weighted by atomic mass is 10.2. The minimum atomic E-state index is -0.00106. The Kier molecular flexibility index (Phi) is 3.93. The maximum absolute atomic E-state index is 9.29. The van der Waals surface area contributed by atoms with Crippen molar-refractivity contribution in [3.05, 3.63) is 15.6 Å². The number of halogens is 1. The van der Waals surface area contributed by atoms with Gasteiger partial charge in [-0.2, -0.15) is 0 Å². The number of aliphatic hydroxyl groups excluding tert-OH is 1. The van der Waals surface area contributed by atoms with Gasteiger partial charge in [0.25, 0.3) is 0 Å². The summed E-state index contributed by atoms with van der Waals surface area (Å²) in [6, 6.07) is 1.93. The van der Waals surface area contributed by atoms with E-state index in [0.717, 1.165) is 21.9 Å². The molecule has 1 aliphatic heterocycles. The van der Waals surface area contributed by atoms with Gasteiger partial charge in [-0.3, -0.25) is 0 Å². The summed E-state index contributed by atoms with van der Waals surface area (Å²) in [5.74, 6) is 1.63. The molecule has 0 spiro atoms. The quantitative estimate of drug-likeness (QED) is 0.633. The van der Waals surface area contributed by atoms with Crippen LogP contribution in [0.5, 0.6) is 0 Å². The molecule has 6 heteroatoms. The monoisotopic (exact) mass is 335 g/mol. The third-order valence-corrected chi connectivity index (χ3v) is 3.08. The lowest BCUT2D eigenvalue weighted by molar-refractivity contribution is 0.0722. The van der Waals surface area contributed by atoms with Crippen LogP contribution in [0.25, 0.3) is 0 Å². The molecule has 88 valence electrons. The summed E-state index contributed by atoms with van der Waals surface area (Å²) < 4.78 is 6.26. The fourth-order valence-electron chi connectivity index (χ4n) is 1.77. The fourth-order valence-corrected chi connectivity index (χ4v) is 2.40. The van der Waals surface area contributed by atoms with Gasteiger partial charge in [-0.05, 0) is 29.5 Å². The number of nitrogens with zero attached hydrogens (tertiary/aromatic N) is 3. The molecule has 1 aromatic heterocycles. The predicted octanol–water partition coefficient (Wildman–Crippen LogP) is 0.587. The van der Waals surface area contributed by atoms with Gasteiger partial charge in [-0.1, -0.05) is 0 Å². The topological polar surface area (TPSA) is 58.5 Å². The van der Waals surface area contributed by atoms with E-state index in [1.54, 1.807) is 0 Å². The van der Waals surface area contributed by atoms with Crippen LogP contribution in [-0.4, -0.2) is 47.5 Å². The van der Waals surface area contributed by atoms with E-state index in [4.69, 9.17) is 4.74 Å². The van der Waals surface area contributed by atoms with Crippen molar-refractivity contribution in [2.24, 2.45) is 0 Å². The van der Waals surface area contributed by atoms with Crippen molar-refractivity contribution in [1.29, 1.82) is 0 Å². The van der Waals surface area contributed by atoms with Crippen molar-refractivity contribution in [3.63, 3.8) is 0 Å². The van der Waals surface area contributed by atoms with Gasteiger partial charge in [0.1, 0.15) is 15.3 Å². The van der Waals surface area contributed by atoms with Gasteiger partial charge < -0.3 is 14.7 Å². The highest BCUT2D eigenvalue weighted by molar-refractivity contribution is 14.1. The Morgan fingerprint density at radius 3 is 3.12 bits per heavy atom. The second-order valence-corrected chi connectivity index (χ2v) is 4.81. The Morgan fingerprint density at radius 1 is 1.62 bits per heavy atom. The van der Waals surface area contributed by atoms with E-state index in [-0.39, 0.29) is 12.6 Å². The minimum Gasteiger partial charge on any atom is -0.394 e. The molecule has 1 N–H and O–H groups in total. The maximum atomic E-state index is 9.29. The summed E-state index contributed by atoms with van der Waals surface area (Å²) in [5.41, 5.74) is 0. The van der Waals surface area contributed by atoms with Crippen LogP contribution in [0.1, 0.15) is 5.82 Å². The third kappa shape index (κ3) is 2.61. The average molecular weight is 335 g/mol. The molecule has 1 saturated heterocycles. The number of ether oxygens (including phenoxy) is 1. The summed E-state index contributed by atoms with van der Waals surface area (Å²) in [6.45, 7) is 3.95. The third-order valence-electron chi connectivity index (χ3n) is 2.53. The average Bonchev–Trinajstić information content (AvgIpc) is 2.27. The molecule has 0 saturated carbocycles. The molecule has 1 aliphatic rings. The first-order valence-corrected chi connectivity index (χ1v) is 6.25. The number of aliphatic hydroxyl groups is 1. The van der Waals surface area contributed by atoms with E-state index < -0.39 is 0 Å². The number of rotatable bonds is 2. The molecule has 1 aromatic rings. The van der Waals surface area contributed by atoms with Crippen LogP contribution >= 0.6 is 22.6 Å². The zero-order chi connectivity index (χ0) is 11.5. The SMILES string of the molecule is Cc1nc(I)cc(N2CCOC[C@@H]2CO)n1. The Hall–Kier alpha value is -0.470. The predicted molar refractivity (Wildman–Crippen MR) is 68.5 cm³/mol. The number of anilines is 1. The first-order valence-electron chi connectivity index (χ1n) is 5.17. The zero-order valence-corrected chi connectivity index (χ0v) is 11.2. The van der Waals surface area contributed by atoms with Crippen molar-refractivity contribution in [3.8, 4) is 0 Å². The second kappa shape index (κ2) is 5.24. The van der Waals surface area contributed by atoms with Crippen LogP contribution in [0.3, 0.4) is 0 Å². The van der Waals surface area contributed by atoms with Crippen LogP contribution in [0.2, 0.25) is 0 Å². The van der Waals surface area contributed by atoms with Gasteiger partial charge in [-0.25, -0.2) is 9.97 Å². The minimum absolute atomic E-state index is 0.00106. The summed E-state index contributed by atoms with van der Waals surface area (Å²) in [4.78, 5) is 10.7. The van der Waals surface area contributed by atoms with E-state index >= 15 is 0 Å². The highest BCUT2D eigenvalue weighted by Gasteiger charge is 2.23. The Balaban J connectivity index is 2.26. The molecule has 16 heavy (non-hydrogen) atoms. The van der Waals surface area contributed by atoms with E-state index in [0.29, 0.717) is 13.2 Å². The fraction of sp³-hybridized carbons (Fsp3) is 0.600. The van der Waals surface area contributed by atoms with Crippen molar-refractivity contribution in [1.82, 2.24) is 9.97 Å². The first-order chi connectivity index (χ1) is 7.70. The van der Waals surface area contributed by atoms with Gasteiger partial charge in [-0.15, -0.1) is 0 Å². The lowest BCUT2D eigenvalue weighted by Crippen LogP contribution is -2.48. The van der Waals surface area contributed by atoms with Gasteiger partial charge in [0, 0.05) is 12.6 Å². The van der Waals surface area contributed by atoms with Gasteiger partial charge in [0.2, 0.25) is 0 Å². The number of morpholine rings is 1. The lowest BCUT2D eigenvalue weighted by Gasteiger charge is -2.35. The molecule has 0 amide bonds. The number of hydrogen-bond donors (Lipinski definition) is 1. The van der Waals surface area contributed by atoms with Crippen molar-refractivity contribution in [2.75, 3.05) is 31.3 Å². The molecule has 0 aliphatic carbocycles. The van der Waals surface area contributed by atoms with E-state index in [1.807, 2.05) is 13.0 Å². The molecule has 1 atom stereocenters. The molecule has 0 unspecified atom stereocenters.